The van der Waals surface area contributed by atoms with Crippen LogP contribution in [0.2, 0.25) is 5.02 Å². The molecule has 1 rings (SSSR count). The number of amides is 1. The molecule has 1 atom stereocenters. The van der Waals surface area contributed by atoms with Crippen molar-refractivity contribution in [2.75, 3.05) is 18.1 Å². The fourth-order valence-electron chi connectivity index (χ4n) is 1.22. The van der Waals surface area contributed by atoms with Crippen LogP contribution in [0, 0.1) is 5.92 Å². The Bertz CT molecular complexity index is 400. The van der Waals surface area contributed by atoms with Gasteiger partial charge in [-0.15, -0.1) is 11.8 Å². The third-order valence-corrected chi connectivity index (χ3v) is 4.45. The van der Waals surface area contributed by atoms with Crippen LogP contribution in [0.5, 0.6) is 0 Å². The number of thioether (sulfide) groups is 1. The highest BCUT2D eigenvalue weighted by atomic mass is 79.9. The fourth-order valence-corrected chi connectivity index (χ4v) is 2.09. The van der Waals surface area contributed by atoms with E-state index in [1.54, 1.807) is 17.8 Å². The first-order chi connectivity index (χ1) is 8.08. The molecule has 17 heavy (non-hydrogen) atoms. The molecule has 2 nitrogen and oxygen atoms in total. The summed E-state index contributed by atoms with van der Waals surface area (Å²) >= 11 is 11.0. The minimum absolute atomic E-state index is 0.112. The largest absolute Gasteiger partial charge is 0.352 e. The zero-order valence-electron chi connectivity index (χ0n) is 9.80. The van der Waals surface area contributed by atoms with Crippen LogP contribution in [-0.4, -0.2) is 24.0 Å². The highest BCUT2D eigenvalue weighted by molar-refractivity contribution is 9.09. The van der Waals surface area contributed by atoms with Gasteiger partial charge in [0.05, 0.1) is 10.6 Å². The average molecular weight is 337 g/mol. The van der Waals surface area contributed by atoms with Gasteiger partial charge in [0.1, 0.15) is 0 Å². The molecule has 0 aliphatic rings. The lowest BCUT2D eigenvalue weighted by Crippen LogP contribution is -2.29. The lowest BCUT2D eigenvalue weighted by atomic mass is 10.2. The topological polar surface area (TPSA) is 29.1 Å². The van der Waals surface area contributed by atoms with Crippen LogP contribution in [0.25, 0.3) is 0 Å². The molecule has 0 aliphatic heterocycles. The summed E-state index contributed by atoms with van der Waals surface area (Å²) in [6.07, 6.45) is 1.97. The molecule has 94 valence electrons. The Hall–Kier alpha value is -0.190. The predicted octanol–water partition coefficient (Wildman–Crippen LogP) is 3.82. The highest BCUT2D eigenvalue weighted by Gasteiger charge is 2.11. The Morgan fingerprint density at radius 3 is 2.88 bits per heavy atom. The van der Waals surface area contributed by atoms with Crippen molar-refractivity contribution in [3.8, 4) is 0 Å². The standard InChI is InChI=1S/C12H15BrClNOS/c1-8(6-13)7-15-12(16)10-5-9(17-2)3-4-11(10)14/h3-5,8H,6-7H2,1-2H3,(H,15,16). The molecule has 0 bridgehead atoms. The number of benzene rings is 1. The van der Waals surface area contributed by atoms with Crippen LogP contribution < -0.4 is 5.32 Å². The van der Waals surface area contributed by atoms with Gasteiger partial charge in [-0.3, -0.25) is 4.79 Å². The second-order valence-electron chi connectivity index (χ2n) is 3.82. The molecule has 1 aromatic carbocycles. The van der Waals surface area contributed by atoms with Crippen LogP contribution in [0.3, 0.4) is 0 Å². The number of hydrogen-bond donors (Lipinski definition) is 1. The number of halogens is 2. The molecular weight excluding hydrogens is 322 g/mol. The summed E-state index contributed by atoms with van der Waals surface area (Å²) in [4.78, 5) is 13.0. The summed E-state index contributed by atoms with van der Waals surface area (Å²) in [5, 5.41) is 4.24. The molecule has 1 N–H and O–H groups in total. The average Bonchev–Trinajstić information content (AvgIpc) is 2.36. The minimum Gasteiger partial charge on any atom is -0.352 e. The zero-order valence-corrected chi connectivity index (χ0v) is 13.0. The molecule has 1 amide bonds. The van der Waals surface area contributed by atoms with Gasteiger partial charge in [-0.25, -0.2) is 0 Å². The van der Waals surface area contributed by atoms with Gasteiger partial charge in [-0.1, -0.05) is 34.5 Å². The van der Waals surface area contributed by atoms with Gasteiger partial charge in [0, 0.05) is 16.8 Å². The SMILES string of the molecule is CSc1ccc(Cl)c(C(=O)NCC(C)CBr)c1. The van der Waals surface area contributed by atoms with E-state index < -0.39 is 0 Å². The quantitative estimate of drug-likeness (QED) is 0.654. The Morgan fingerprint density at radius 2 is 2.29 bits per heavy atom. The normalized spacial score (nSPS) is 12.2. The molecule has 5 heteroatoms. The summed E-state index contributed by atoms with van der Waals surface area (Å²) in [6.45, 7) is 2.71. The maximum atomic E-state index is 11.9. The minimum atomic E-state index is -0.112. The molecule has 0 heterocycles. The zero-order chi connectivity index (χ0) is 12.8. The molecule has 0 aliphatic carbocycles. The molecule has 0 fully saturated rings. The first kappa shape index (κ1) is 14.9. The lowest BCUT2D eigenvalue weighted by molar-refractivity contribution is 0.0949. The van der Waals surface area contributed by atoms with Crippen LogP contribution in [0.1, 0.15) is 17.3 Å². The van der Waals surface area contributed by atoms with Crippen LogP contribution >= 0.6 is 39.3 Å². The molecule has 0 saturated heterocycles. The first-order valence-electron chi connectivity index (χ1n) is 5.26. The summed E-state index contributed by atoms with van der Waals surface area (Å²) in [6, 6.07) is 5.49. The lowest BCUT2D eigenvalue weighted by Gasteiger charge is -2.11. The number of carbonyl (C=O) groups is 1. The number of alkyl halides is 1. The van der Waals surface area contributed by atoms with Crippen molar-refractivity contribution >= 4 is 45.2 Å². The van der Waals surface area contributed by atoms with Crippen molar-refractivity contribution in [3.63, 3.8) is 0 Å². The molecule has 1 aromatic rings. The van der Waals surface area contributed by atoms with Crippen molar-refractivity contribution in [1.29, 1.82) is 0 Å². The second kappa shape index (κ2) is 7.29. The molecule has 1 unspecified atom stereocenters. The Morgan fingerprint density at radius 1 is 1.59 bits per heavy atom. The van der Waals surface area contributed by atoms with Gasteiger partial charge in [-0.05, 0) is 30.4 Å². The van der Waals surface area contributed by atoms with Gasteiger partial charge in [0.15, 0.2) is 0 Å². The number of rotatable bonds is 5. The van der Waals surface area contributed by atoms with E-state index in [0.29, 0.717) is 23.0 Å². The molecule has 0 radical (unpaired) electrons. The van der Waals surface area contributed by atoms with E-state index in [4.69, 9.17) is 11.6 Å². The fraction of sp³-hybridized carbons (Fsp3) is 0.417. The van der Waals surface area contributed by atoms with Crippen LogP contribution in [-0.2, 0) is 0 Å². The molecule has 0 saturated carbocycles. The first-order valence-corrected chi connectivity index (χ1v) is 7.98. The van der Waals surface area contributed by atoms with E-state index in [0.717, 1.165) is 10.2 Å². The van der Waals surface area contributed by atoms with Gasteiger partial charge >= 0.3 is 0 Å². The predicted molar refractivity (Wildman–Crippen MR) is 78.5 cm³/mol. The Kier molecular flexibility index (Phi) is 6.38. The van der Waals surface area contributed by atoms with E-state index in [2.05, 4.69) is 28.2 Å². The highest BCUT2D eigenvalue weighted by Crippen LogP contribution is 2.22. The van der Waals surface area contributed by atoms with Crippen LogP contribution in [0.4, 0.5) is 0 Å². The number of hydrogen-bond acceptors (Lipinski definition) is 2. The summed E-state index contributed by atoms with van der Waals surface area (Å²) < 4.78 is 0. The molecule has 0 spiro atoms. The second-order valence-corrected chi connectivity index (χ2v) is 5.75. The maximum absolute atomic E-state index is 11.9. The Balaban J connectivity index is 2.74. The maximum Gasteiger partial charge on any atom is 0.252 e. The van der Waals surface area contributed by atoms with Crippen molar-refractivity contribution in [3.05, 3.63) is 28.8 Å². The van der Waals surface area contributed by atoms with E-state index in [9.17, 15) is 4.79 Å². The van der Waals surface area contributed by atoms with Crippen molar-refractivity contribution in [2.24, 2.45) is 5.92 Å². The third-order valence-electron chi connectivity index (χ3n) is 2.29. The summed E-state index contributed by atoms with van der Waals surface area (Å²) in [5.74, 6) is 0.292. The van der Waals surface area contributed by atoms with E-state index >= 15 is 0 Å². The van der Waals surface area contributed by atoms with Gasteiger partial charge in [0.25, 0.3) is 5.91 Å². The van der Waals surface area contributed by atoms with E-state index in [1.165, 1.54) is 0 Å². The monoisotopic (exact) mass is 335 g/mol. The number of nitrogens with one attached hydrogen (secondary N) is 1. The third kappa shape index (κ3) is 4.53. The Labute approximate surface area is 120 Å². The summed E-state index contributed by atoms with van der Waals surface area (Å²) in [7, 11) is 0. The summed E-state index contributed by atoms with van der Waals surface area (Å²) in [5.41, 5.74) is 0.542. The molecular formula is C12H15BrClNOS. The molecule has 0 aromatic heterocycles. The van der Waals surface area contributed by atoms with E-state index in [1.807, 2.05) is 18.4 Å². The van der Waals surface area contributed by atoms with Crippen LogP contribution in [0.15, 0.2) is 23.1 Å². The van der Waals surface area contributed by atoms with Crippen molar-refractivity contribution in [2.45, 2.75) is 11.8 Å². The smallest absolute Gasteiger partial charge is 0.252 e. The van der Waals surface area contributed by atoms with E-state index in [-0.39, 0.29) is 5.91 Å². The van der Waals surface area contributed by atoms with Crippen molar-refractivity contribution < 1.29 is 4.79 Å². The van der Waals surface area contributed by atoms with Crippen molar-refractivity contribution in [1.82, 2.24) is 5.32 Å². The van der Waals surface area contributed by atoms with Gasteiger partial charge < -0.3 is 5.32 Å². The number of carbonyl (C=O) groups excluding carboxylic acids is 1. The van der Waals surface area contributed by atoms with Gasteiger partial charge in [0.2, 0.25) is 0 Å². The van der Waals surface area contributed by atoms with Gasteiger partial charge in [-0.2, -0.15) is 0 Å².